The van der Waals surface area contributed by atoms with Gasteiger partial charge in [0.15, 0.2) is 0 Å². The number of sulfonamides is 4. The molecule has 1 aliphatic carbocycles. The van der Waals surface area contributed by atoms with Gasteiger partial charge >= 0.3 is 0 Å². The Bertz CT molecular complexity index is 2490. The van der Waals surface area contributed by atoms with E-state index < -0.39 is 51.6 Å². The van der Waals surface area contributed by atoms with Crippen LogP contribution in [-0.2, 0) is 40.1 Å². The topological polar surface area (TPSA) is 189 Å². The van der Waals surface area contributed by atoms with Gasteiger partial charge in [-0.25, -0.2) is 38.7 Å². The standard InChI is InChI=1S/C38H43N5O9S6/c1-30-29-31(20-21-35(30)40-36-22-23-37(44)38-34(36)19-14-24-39-38)41(25-10-12-27-57(49,50)42(55(2,45)46)53-32-15-6-4-7-16-32)26-11-13-28-58(51,52)43(56(3,47)48)54-33-17-8-5-9-18-33/h4-9,14-24,29H,10-13,25-28H2,1-3H3. The normalized spacial score (nSPS) is 14.3. The van der Waals surface area contributed by atoms with Gasteiger partial charge in [0, 0.05) is 40.3 Å². The van der Waals surface area contributed by atoms with Crippen LogP contribution in [0.5, 0.6) is 0 Å². The van der Waals surface area contributed by atoms with Crippen LogP contribution in [0.4, 0.5) is 11.4 Å². The van der Waals surface area contributed by atoms with E-state index in [0.717, 1.165) is 23.8 Å². The van der Waals surface area contributed by atoms with Crippen LogP contribution in [-0.4, -0.2) is 93.5 Å². The van der Waals surface area contributed by atoms with E-state index in [0.29, 0.717) is 88.5 Å². The summed E-state index contributed by atoms with van der Waals surface area (Å²) in [7, 11) is -16.8. The van der Waals surface area contributed by atoms with Gasteiger partial charge in [0.1, 0.15) is 5.69 Å². The Morgan fingerprint density at radius 2 is 1.16 bits per heavy atom. The molecule has 0 atom stereocenters. The number of rotatable bonds is 20. The first kappa shape index (κ1) is 45.2. The number of unbranched alkanes of at least 4 members (excludes halogenated alkanes) is 2. The number of nitrogens with zero attached hydrogens (tertiary/aromatic N) is 5. The second-order valence-corrected chi connectivity index (χ2v) is 24.2. The van der Waals surface area contributed by atoms with Gasteiger partial charge < -0.3 is 4.90 Å². The quantitative estimate of drug-likeness (QED) is 0.0718. The maximum Gasteiger partial charge on any atom is 0.237 e. The van der Waals surface area contributed by atoms with Crippen molar-refractivity contribution in [3.8, 4) is 0 Å². The molecular weight excluding hydrogens is 863 g/mol. The van der Waals surface area contributed by atoms with E-state index >= 15 is 0 Å². The van der Waals surface area contributed by atoms with E-state index in [-0.39, 0.29) is 18.6 Å². The number of ketones is 1. The third-order valence-corrected chi connectivity index (χ3v) is 20.2. The first-order chi connectivity index (χ1) is 27.3. The van der Waals surface area contributed by atoms with E-state index in [1.807, 2.05) is 30.0 Å². The van der Waals surface area contributed by atoms with Gasteiger partial charge in [-0.2, -0.15) is 0 Å². The highest BCUT2D eigenvalue weighted by molar-refractivity contribution is 8.20. The van der Waals surface area contributed by atoms with Crippen molar-refractivity contribution in [1.82, 2.24) is 11.2 Å². The Morgan fingerprint density at radius 1 is 0.638 bits per heavy atom. The van der Waals surface area contributed by atoms with Crippen LogP contribution in [0.1, 0.15) is 47.3 Å². The van der Waals surface area contributed by atoms with Crippen molar-refractivity contribution in [3.63, 3.8) is 0 Å². The zero-order valence-corrected chi connectivity index (χ0v) is 36.8. The van der Waals surface area contributed by atoms with Gasteiger partial charge in [0.05, 0.1) is 35.4 Å². The van der Waals surface area contributed by atoms with Crippen LogP contribution in [0.2, 0.25) is 0 Å². The van der Waals surface area contributed by atoms with Gasteiger partial charge in [-0.05, 0) is 135 Å². The molecule has 0 amide bonds. The van der Waals surface area contributed by atoms with Gasteiger partial charge in [0.25, 0.3) is 0 Å². The van der Waals surface area contributed by atoms with Crippen LogP contribution >= 0.6 is 23.9 Å². The molecular formula is C38H43N5O9S6. The molecule has 5 rings (SSSR count). The van der Waals surface area contributed by atoms with Crippen molar-refractivity contribution in [2.75, 3.05) is 42.0 Å². The number of aliphatic imine (C=N–C) groups is 1. The van der Waals surface area contributed by atoms with Gasteiger partial charge in [-0.15, -0.1) is 0 Å². The Kier molecular flexibility index (Phi) is 15.2. The zero-order chi connectivity index (χ0) is 42.1. The molecule has 14 nitrogen and oxygen atoms in total. The van der Waals surface area contributed by atoms with Crippen LogP contribution < -0.4 is 4.90 Å². The van der Waals surface area contributed by atoms with Crippen molar-refractivity contribution >= 4 is 86.9 Å². The lowest BCUT2D eigenvalue weighted by atomic mass is 9.99. The predicted molar refractivity (Wildman–Crippen MR) is 231 cm³/mol. The molecule has 1 aromatic heterocycles. The number of pyridine rings is 1. The molecule has 310 valence electrons. The number of fused-ring (bicyclic) bond motifs is 1. The number of aryl methyl sites for hydroxylation is 1. The fourth-order valence-corrected chi connectivity index (χ4v) is 15.4. The SMILES string of the molecule is Cc1cc(N(CCCCS(=O)(=O)N(Sc2ccccc2)S(C)(=O)=O)CCCCS(=O)(=O)N(Sc2ccccc2)S(C)(=O)=O)ccc1N=C1C=CC(=O)c2ncccc21. The summed E-state index contributed by atoms with van der Waals surface area (Å²) in [5, 5.41) is 0. The summed E-state index contributed by atoms with van der Waals surface area (Å²) in [5.74, 6) is -1.08. The van der Waals surface area contributed by atoms with Crippen LogP contribution in [0.15, 0.2) is 124 Å². The number of carbonyl (C=O) groups excluding carboxylic acids is 1. The highest BCUT2D eigenvalue weighted by atomic mass is 32.3. The molecule has 4 aromatic rings. The van der Waals surface area contributed by atoms with Crippen LogP contribution in [0, 0.1) is 6.92 Å². The first-order valence-electron chi connectivity index (χ1n) is 17.9. The molecule has 0 saturated carbocycles. The Hall–Kier alpha value is -3.89. The van der Waals surface area contributed by atoms with E-state index in [2.05, 4.69) is 4.98 Å². The van der Waals surface area contributed by atoms with Crippen LogP contribution in [0.3, 0.4) is 0 Å². The number of aromatic nitrogens is 1. The number of hydrogen-bond acceptors (Lipinski definition) is 14. The van der Waals surface area contributed by atoms with Crippen molar-refractivity contribution < 1.29 is 38.5 Å². The zero-order valence-electron chi connectivity index (χ0n) is 31.9. The molecule has 1 heterocycles. The second kappa shape index (κ2) is 19.4. The minimum Gasteiger partial charge on any atom is -0.372 e. The molecule has 0 saturated heterocycles. The maximum absolute atomic E-state index is 13.4. The largest absolute Gasteiger partial charge is 0.372 e. The van der Waals surface area contributed by atoms with Crippen molar-refractivity contribution in [2.24, 2.45) is 4.99 Å². The fraction of sp³-hybridized carbons (Fsp3) is 0.289. The smallest absolute Gasteiger partial charge is 0.237 e. The molecule has 0 bridgehead atoms. The average molecular weight is 906 g/mol. The molecule has 0 N–H and O–H groups in total. The van der Waals surface area contributed by atoms with E-state index in [1.165, 1.54) is 6.08 Å². The van der Waals surface area contributed by atoms with E-state index in [4.69, 9.17) is 4.99 Å². The molecule has 20 heteroatoms. The minimum atomic E-state index is -4.25. The number of allylic oxidation sites excluding steroid dienone is 2. The third-order valence-electron chi connectivity index (χ3n) is 8.50. The highest BCUT2D eigenvalue weighted by Crippen LogP contribution is 2.32. The third kappa shape index (κ3) is 12.3. The average Bonchev–Trinajstić information content (AvgIpc) is 3.17. The maximum atomic E-state index is 13.4. The summed E-state index contributed by atoms with van der Waals surface area (Å²) >= 11 is 1.23. The Morgan fingerprint density at radius 3 is 1.64 bits per heavy atom. The monoisotopic (exact) mass is 905 g/mol. The molecule has 1 aliphatic rings. The molecule has 0 spiro atoms. The van der Waals surface area contributed by atoms with Gasteiger partial charge in [0.2, 0.25) is 45.9 Å². The summed E-state index contributed by atoms with van der Waals surface area (Å²) in [6.45, 7) is 2.55. The summed E-state index contributed by atoms with van der Waals surface area (Å²) in [6.07, 6.45) is 7.22. The van der Waals surface area contributed by atoms with Crippen molar-refractivity contribution in [2.45, 2.75) is 42.4 Å². The molecule has 0 fully saturated rings. The lowest BCUT2D eigenvalue weighted by molar-refractivity contribution is 0.104. The molecule has 0 aliphatic heterocycles. The summed E-state index contributed by atoms with van der Waals surface area (Å²) < 4.78 is 105. The summed E-state index contributed by atoms with van der Waals surface area (Å²) in [5.41, 5.74) is 3.67. The first-order valence-corrected chi connectivity index (χ1v) is 26.4. The highest BCUT2D eigenvalue weighted by Gasteiger charge is 2.33. The van der Waals surface area contributed by atoms with Crippen LogP contribution in [0.25, 0.3) is 0 Å². The number of carbonyl (C=O) groups is 1. The molecule has 3 aromatic carbocycles. The van der Waals surface area contributed by atoms with Crippen molar-refractivity contribution in [3.05, 3.63) is 126 Å². The Balaban J connectivity index is 1.32. The number of anilines is 1. The van der Waals surface area contributed by atoms with Gasteiger partial charge in [-0.3, -0.25) is 9.78 Å². The molecule has 58 heavy (non-hydrogen) atoms. The minimum absolute atomic E-state index is 0.123. The summed E-state index contributed by atoms with van der Waals surface area (Å²) in [6, 6.07) is 25.7. The Labute approximate surface area is 349 Å². The van der Waals surface area contributed by atoms with E-state index in [1.54, 1.807) is 85.1 Å². The van der Waals surface area contributed by atoms with E-state index in [9.17, 15) is 38.5 Å². The fourth-order valence-electron chi connectivity index (χ4n) is 5.81. The van der Waals surface area contributed by atoms with Gasteiger partial charge in [-0.1, -0.05) is 36.4 Å². The number of benzene rings is 3. The van der Waals surface area contributed by atoms with Crippen molar-refractivity contribution in [1.29, 1.82) is 0 Å². The number of hydrogen-bond donors (Lipinski definition) is 0. The lowest BCUT2D eigenvalue weighted by Crippen LogP contribution is -2.33. The predicted octanol–water partition coefficient (Wildman–Crippen LogP) is 6.23. The summed E-state index contributed by atoms with van der Waals surface area (Å²) in [4.78, 5) is 24.2. The molecule has 0 radical (unpaired) electrons. The second-order valence-electron chi connectivity index (χ2n) is 13.3. The molecule has 0 unspecified atom stereocenters. The lowest BCUT2D eigenvalue weighted by Gasteiger charge is -2.26.